The minimum Gasteiger partial charge on any atom is -0.420 e. The number of alkyl halides is 3. The van der Waals surface area contributed by atoms with Crippen molar-refractivity contribution >= 4 is 22.6 Å². The van der Waals surface area contributed by atoms with Gasteiger partial charge in [0.05, 0.1) is 12.2 Å². The fraction of sp³-hybridized carbons (Fsp3) is 0.111. The van der Waals surface area contributed by atoms with E-state index in [4.69, 9.17) is 4.42 Å². The van der Waals surface area contributed by atoms with Gasteiger partial charge in [-0.25, -0.2) is 9.18 Å². The lowest BCUT2D eigenvalue weighted by molar-refractivity contribution is -0.170. The molecule has 0 aliphatic rings. The van der Waals surface area contributed by atoms with Crippen LogP contribution in [0.15, 0.2) is 63.8 Å². The van der Waals surface area contributed by atoms with Crippen molar-refractivity contribution in [3.63, 3.8) is 0 Å². The van der Waals surface area contributed by atoms with Crippen molar-refractivity contribution in [3.05, 3.63) is 76.4 Å². The molecule has 26 heavy (non-hydrogen) atoms. The van der Waals surface area contributed by atoms with Gasteiger partial charge in [-0.05, 0) is 29.8 Å². The number of anilines is 1. The summed E-state index contributed by atoms with van der Waals surface area (Å²) in [4.78, 5) is 23.9. The molecule has 8 heteroatoms. The Balaban J connectivity index is 2.16. The van der Waals surface area contributed by atoms with Crippen LogP contribution in [0.2, 0.25) is 0 Å². The largest absolute Gasteiger partial charge is 0.471 e. The first kappa shape index (κ1) is 17.7. The SMILES string of the molecule is O=C(N(Cc1cccc(F)c1)c1cccc2ccc(=O)oc12)C(F)(F)F. The summed E-state index contributed by atoms with van der Waals surface area (Å²) in [5.41, 5.74) is -1.01. The standard InChI is InChI=1S/C18H11F4NO3/c19-13-5-1-3-11(9-13)10-23(17(25)18(20,21)22)14-6-2-4-12-7-8-15(24)26-16(12)14/h1-9H,10H2. The topological polar surface area (TPSA) is 50.5 Å². The molecule has 2 aromatic carbocycles. The number of carbonyl (C=O) groups excluding carboxylic acids is 1. The van der Waals surface area contributed by atoms with Crippen LogP contribution in [0.5, 0.6) is 0 Å². The van der Waals surface area contributed by atoms with Gasteiger partial charge < -0.3 is 4.42 Å². The molecule has 0 radical (unpaired) electrons. The van der Waals surface area contributed by atoms with Crippen molar-refractivity contribution in [1.82, 2.24) is 0 Å². The van der Waals surface area contributed by atoms with E-state index in [-0.39, 0.29) is 16.8 Å². The van der Waals surface area contributed by atoms with Gasteiger partial charge in [-0.1, -0.05) is 24.3 Å². The van der Waals surface area contributed by atoms with E-state index >= 15 is 0 Å². The molecule has 0 atom stereocenters. The van der Waals surface area contributed by atoms with Crippen molar-refractivity contribution in [2.75, 3.05) is 4.90 Å². The van der Waals surface area contributed by atoms with E-state index < -0.39 is 30.1 Å². The third-order valence-corrected chi connectivity index (χ3v) is 3.63. The maximum absolute atomic E-state index is 13.4. The van der Waals surface area contributed by atoms with E-state index in [9.17, 15) is 27.2 Å². The Kier molecular flexibility index (Phi) is 4.50. The number of rotatable bonds is 3. The number of amides is 1. The summed E-state index contributed by atoms with van der Waals surface area (Å²) in [5, 5.41) is 0.348. The second-order valence-corrected chi connectivity index (χ2v) is 5.47. The molecule has 0 N–H and O–H groups in total. The van der Waals surface area contributed by atoms with Crippen LogP contribution in [0.4, 0.5) is 23.2 Å². The molecular formula is C18H11F4NO3. The van der Waals surface area contributed by atoms with Crippen LogP contribution in [0, 0.1) is 5.82 Å². The van der Waals surface area contributed by atoms with Gasteiger partial charge in [0.1, 0.15) is 5.82 Å². The Morgan fingerprint density at radius 1 is 1.04 bits per heavy atom. The average Bonchev–Trinajstić information content (AvgIpc) is 2.58. The summed E-state index contributed by atoms with van der Waals surface area (Å²) >= 11 is 0. The summed E-state index contributed by atoms with van der Waals surface area (Å²) in [7, 11) is 0. The van der Waals surface area contributed by atoms with Crippen LogP contribution >= 0.6 is 0 Å². The Morgan fingerprint density at radius 2 is 1.77 bits per heavy atom. The van der Waals surface area contributed by atoms with Gasteiger partial charge in [0.2, 0.25) is 0 Å². The zero-order valence-corrected chi connectivity index (χ0v) is 13.1. The van der Waals surface area contributed by atoms with Crippen LogP contribution in [0.1, 0.15) is 5.56 Å². The Labute approximate surface area is 144 Å². The average molecular weight is 365 g/mol. The fourth-order valence-electron chi connectivity index (χ4n) is 2.53. The van der Waals surface area contributed by atoms with Gasteiger partial charge in [-0.2, -0.15) is 13.2 Å². The number of halogens is 4. The first-order valence-electron chi connectivity index (χ1n) is 7.42. The highest BCUT2D eigenvalue weighted by Crippen LogP contribution is 2.31. The highest BCUT2D eigenvalue weighted by molar-refractivity contribution is 6.03. The number of hydrogen-bond donors (Lipinski definition) is 0. The summed E-state index contributed by atoms with van der Waals surface area (Å²) in [5.74, 6) is -2.80. The molecule has 134 valence electrons. The molecular weight excluding hydrogens is 354 g/mol. The number of para-hydroxylation sites is 1. The molecule has 3 aromatic rings. The smallest absolute Gasteiger partial charge is 0.420 e. The highest BCUT2D eigenvalue weighted by Gasteiger charge is 2.43. The van der Waals surface area contributed by atoms with Gasteiger partial charge in [-0.3, -0.25) is 9.69 Å². The summed E-state index contributed by atoms with van der Waals surface area (Å²) < 4.78 is 57.6. The molecule has 1 aromatic heterocycles. The van der Waals surface area contributed by atoms with Gasteiger partial charge in [0.15, 0.2) is 5.58 Å². The number of fused-ring (bicyclic) bond motifs is 1. The molecule has 0 aliphatic carbocycles. The Morgan fingerprint density at radius 3 is 2.46 bits per heavy atom. The van der Waals surface area contributed by atoms with Gasteiger partial charge in [0, 0.05) is 11.5 Å². The van der Waals surface area contributed by atoms with E-state index in [1.54, 1.807) is 0 Å². The molecule has 0 spiro atoms. The van der Waals surface area contributed by atoms with Crippen molar-refractivity contribution in [2.24, 2.45) is 0 Å². The van der Waals surface area contributed by atoms with Crippen LogP contribution in [-0.2, 0) is 11.3 Å². The number of nitrogens with zero attached hydrogens (tertiary/aromatic N) is 1. The van der Waals surface area contributed by atoms with E-state index in [0.29, 0.717) is 10.3 Å². The second kappa shape index (κ2) is 6.62. The van der Waals surface area contributed by atoms with Gasteiger partial charge in [-0.15, -0.1) is 0 Å². The summed E-state index contributed by atoms with van der Waals surface area (Å²) in [6.45, 7) is -0.548. The van der Waals surface area contributed by atoms with Crippen LogP contribution < -0.4 is 10.5 Å². The quantitative estimate of drug-likeness (QED) is 0.520. The minimum absolute atomic E-state index is 0.151. The molecule has 0 bridgehead atoms. The van der Waals surface area contributed by atoms with Crippen molar-refractivity contribution in [1.29, 1.82) is 0 Å². The van der Waals surface area contributed by atoms with Crippen molar-refractivity contribution in [3.8, 4) is 0 Å². The summed E-state index contributed by atoms with van der Waals surface area (Å²) in [6.07, 6.45) is -5.16. The Hall–Kier alpha value is -3.16. The van der Waals surface area contributed by atoms with Crippen LogP contribution in [0.25, 0.3) is 11.0 Å². The lowest BCUT2D eigenvalue weighted by Gasteiger charge is -2.24. The lowest BCUT2D eigenvalue weighted by atomic mass is 10.1. The number of hydrogen-bond acceptors (Lipinski definition) is 3. The highest BCUT2D eigenvalue weighted by atomic mass is 19.4. The number of carbonyl (C=O) groups is 1. The molecule has 0 unspecified atom stereocenters. The molecule has 3 rings (SSSR count). The fourth-order valence-corrected chi connectivity index (χ4v) is 2.53. The zero-order valence-electron chi connectivity index (χ0n) is 13.1. The second-order valence-electron chi connectivity index (χ2n) is 5.47. The first-order valence-corrected chi connectivity index (χ1v) is 7.42. The predicted octanol–water partition coefficient (Wildman–Crippen LogP) is 4.03. The molecule has 0 aliphatic heterocycles. The molecule has 0 fully saturated rings. The van der Waals surface area contributed by atoms with Crippen LogP contribution in [-0.4, -0.2) is 12.1 Å². The molecule has 0 saturated carbocycles. The third kappa shape index (κ3) is 3.58. The zero-order chi connectivity index (χ0) is 18.9. The van der Waals surface area contributed by atoms with E-state index in [2.05, 4.69) is 0 Å². The maximum Gasteiger partial charge on any atom is 0.471 e. The van der Waals surface area contributed by atoms with Gasteiger partial charge >= 0.3 is 17.7 Å². The molecule has 4 nitrogen and oxygen atoms in total. The Bertz CT molecular complexity index is 1030. The molecule has 1 heterocycles. The predicted molar refractivity (Wildman–Crippen MR) is 86.1 cm³/mol. The first-order chi connectivity index (χ1) is 12.3. The monoisotopic (exact) mass is 365 g/mol. The van der Waals surface area contributed by atoms with Crippen molar-refractivity contribution in [2.45, 2.75) is 12.7 Å². The lowest BCUT2D eigenvalue weighted by Crippen LogP contribution is -2.41. The summed E-state index contributed by atoms with van der Waals surface area (Å²) in [6, 6.07) is 11.6. The number of benzene rings is 2. The van der Waals surface area contributed by atoms with Crippen LogP contribution in [0.3, 0.4) is 0 Å². The van der Waals surface area contributed by atoms with E-state index in [0.717, 1.165) is 18.2 Å². The third-order valence-electron chi connectivity index (χ3n) is 3.63. The van der Waals surface area contributed by atoms with E-state index in [1.165, 1.54) is 36.4 Å². The minimum atomic E-state index is -5.16. The van der Waals surface area contributed by atoms with Gasteiger partial charge in [0.25, 0.3) is 0 Å². The molecule has 1 amide bonds. The van der Waals surface area contributed by atoms with E-state index in [1.807, 2.05) is 0 Å². The maximum atomic E-state index is 13.4. The molecule has 0 saturated heterocycles. The van der Waals surface area contributed by atoms with Crippen molar-refractivity contribution < 1.29 is 26.8 Å². The normalized spacial score (nSPS) is 11.5.